The van der Waals surface area contributed by atoms with Crippen molar-refractivity contribution < 1.29 is 13.2 Å². The van der Waals surface area contributed by atoms with Crippen LogP contribution in [-0.4, -0.2) is 43.8 Å². The summed E-state index contributed by atoms with van der Waals surface area (Å²) in [5.74, 6) is -0.111. The minimum atomic E-state index is -3.39. The number of sulfonamides is 1. The summed E-state index contributed by atoms with van der Waals surface area (Å²) < 4.78 is 26.6. The Bertz CT molecular complexity index is 632. The van der Waals surface area contributed by atoms with Crippen molar-refractivity contribution in [2.75, 3.05) is 19.6 Å². The molecule has 0 bridgehead atoms. The minimum Gasteiger partial charge on any atom is -0.354 e. The molecule has 1 aliphatic rings. The maximum absolute atomic E-state index is 12.4. The van der Waals surface area contributed by atoms with Crippen LogP contribution < -0.4 is 11.1 Å². The lowest BCUT2D eigenvalue weighted by Gasteiger charge is -2.16. The zero-order chi connectivity index (χ0) is 16.4. The highest BCUT2D eigenvalue weighted by molar-refractivity contribution is 7.91. The molecular formula is C14H23N3O3S2. The van der Waals surface area contributed by atoms with Crippen molar-refractivity contribution >= 4 is 27.3 Å². The van der Waals surface area contributed by atoms with Crippen molar-refractivity contribution in [3.63, 3.8) is 0 Å². The van der Waals surface area contributed by atoms with Crippen LogP contribution in [0.4, 0.5) is 0 Å². The van der Waals surface area contributed by atoms with Crippen LogP contribution in [0.1, 0.15) is 31.6 Å². The van der Waals surface area contributed by atoms with Crippen LogP contribution in [-0.2, 0) is 21.2 Å². The van der Waals surface area contributed by atoms with E-state index < -0.39 is 15.6 Å². The third kappa shape index (κ3) is 3.68. The van der Waals surface area contributed by atoms with Crippen molar-refractivity contribution in [2.24, 2.45) is 5.73 Å². The molecule has 3 N–H and O–H groups in total. The van der Waals surface area contributed by atoms with Gasteiger partial charge in [-0.3, -0.25) is 4.79 Å². The van der Waals surface area contributed by atoms with Gasteiger partial charge in [0.15, 0.2) is 0 Å². The highest BCUT2D eigenvalue weighted by Crippen LogP contribution is 2.32. The van der Waals surface area contributed by atoms with E-state index in [2.05, 4.69) is 5.32 Å². The molecule has 1 aromatic rings. The summed E-state index contributed by atoms with van der Waals surface area (Å²) in [6.45, 7) is 5.04. The lowest BCUT2D eigenvalue weighted by Crippen LogP contribution is -2.43. The maximum Gasteiger partial charge on any atom is 0.252 e. The Hall–Kier alpha value is -0.960. The third-order valence-electron chi connectivity index (χ3n) is 3.83. The Morgan fingerprint density at radius 3 is 2.55 bits per heavy atom. The molecule has 0 aromatic carbocycles. The van der Waals surface area contributed by atoms with Crippen LogP contribution in [0.25, 0.3) is 0 Å². The summed E-state index contributed by atoms with van der Waals surface area (Å²) in [7, 11) is -3.39. The predicted octanol–water partition coefficient (Wildman–Crippen LogP) is 0.929. The lowest BCUT2D eigenvalue weighted by atomic mass is 10.2. The summed E-state index contributed by atoms with van der Waals surface area (Å²) in [6.07, 6.45) is 2.09. The van der Waals surface area contributed by atoms with Crippen LogP contribution in [0, 0.1) is 0 Å². The standard InChI is InChI=1S/C14H23N3O3S2/c1-3-17(4-2)22(19,20)12-6-5-11(21-12)7-10-16-13(18)14(15)8-9-14/h5-6H,3-4,7-10,15H2,1-2H3,(H,16,18). The number of hydrogen-bond acceptors (Lipinski definition) is 5. The summed E-state index contributed by atoms with van der Waals surface area (Å²) in [5, 5.41) is 2.81. The van der Waals surface area contributed by atoms with E-state index in [9.17, 15) is 13.2 Å². The molecule has 1 aliphatic carbocycles. The van der Waals surface area contributed by atoms with Crippen LogP contribution in [0.5, 0.6) is 0 Å². The number of nitrogens with one attached hydrogen (secondary N) is 1. The third-order valence-corrected chi connectivity index (χ3v) is 7.50. The number of thiophene rings is 1. The molecule has 0 saturated heterocycles. The Labute approximate surface area is 135 Å². The largest absolute Gasteiger partial charge is 0.354 e. The number of nitrogens with zero attached hydrogens (tertiary/aromatic N) is 1. The van der Waals surface area contributed by atoms with Gasteiger partial charge < -0.3 is 11.1 Å². The monoisotopic (exact) mass is 345 g/mol. The molecule has 124 valence electrons. The molecule has 6 nitrogen and oxygen atoms in total. The fourth-order valence-electron chi connectivity index (χ4n) is 2.16. The molecule has 2 rings (SSSR count). The quantitative estimate of drug-likeness (QED) is 0.733. The highest BCUT2D eigenvalue weighted by Gasteiger charge is 2.45. The molecule has 0 radical (unpaired) electrons. The fraction of sp³-hybridized carbons (Fsp3) is 0.643. The molecule has 8 heteroatoms. The summed E-state index contributed by atoms with van der Waals surface area (Å²) in [5.41, 5.74) is 5.14. The molecular weight excluding hydrogens is 322 g/mol. The van der Waals surface area contributed by atoms with E-state index in [0.717, 1.165) is 17.7 Å². The summed E-state index contributed by atoms with van der Waals surface area (Å²) >= 11 is 1.26. The Kier molecular flexibility index (Phi) is 5.26. The normalized spacial score (nSPS) is 16.7. The van der Waals surface area contributed by atoms with Gasteiger partial charge in [-0.05, 0) is 31.4 Å². The van der Waals surface area contributed by atoms with Gasteiger partial charge in [0.25, 0.3) is 10.0 Å². The summed E-state index contributed by atoms with van der Waals surface area (Å²) in [4.78, 5) is 12.7. The number of rotatable bonds is 8. The second kappa shape index (κ2) is 6.66. The van der Waals surface area contributed by atoms with E-state index in [4.69, 9.17) is 5.73 Å². The number of carbonyl (C=O) groups excluding carboxylic acids is 1. The van der Waals surface area contributed by atoms with Crippen molar-refractivity contribution in [1.82, 2.24) is 9.62 Å². The molecule has 0 aliphatic heterocycles. The number of amides is 1. The van der Waals surface area contributed by atoms with Crippen molar-refractivity contribution in [3.05, 3.63) is 17.0 Å². The van der Waals surface area contributed by atoms with E-state index in [1.807, 2.05) is 19.9 Å². The smallest absolute Gasteiger partial charge is 0.252 e. The average Bonchev–Trinajstić information content (AvgIpc) is 3.04. The molecule has 1 amide bonds. The molecule has 0 unspecified atom stereocenters. The molecule has 0 spiro atoms. The maximum atomic E-state index is 12.4. The number of carbonyl (C=O) groups is 1. The summed E-state index contributed by atoms with van der Waals surface area (Å²) in [6, 6.07) is 3.45. The molecule has 1 heterocycles. The van der Waals surface area contributed by atoms with E-state index in [0.29, 0.717) is 30.3 Å². The second-order valence-corrected chi connectivity index (χ2v) is 8.81. The van der Waals surface area contributed by atoms with Gasteiger partial charge in [-0.25, -0.2) is 8.42 Å². The minimum absolute atomic E-state index is 0.111. The highest BCUT2D eigenvalue weighted by atomic mass is 32.2. The molecule has 1 saturated carbocycles. The Morgan fingerprint density at radius 1 is 1.36 bits per heavy atom. The molecule has 22 heavy (non-hydrogen) atoms. The predicted molar refractivity (Wildman–Crippen MR) is 87.3 cm³/mol. The molecule has 0 atom stereocenters. The van der Waals surface area contributed by atoms with Gasteiger partial charge >= 0.3 is 0 Å². The van der Waals surface area contributed by atoms with Gasteiger partial charge in [-0.2, -0.15) is 4.31 Å². The zero-order valence-corrected chi connectivity index (χ0v) is 14.6. The SMILES string of the molecule is CCN(CC)S(=O)(=O)c1ccc(CCNC(=O)C2(N)CC2)s1. The van der Waals surface area contributed by atoms with E-state index >= 15 is 0 Å². The fourth-order valence-corrected chi connectivity index (χ4v) is 5.13. The van der Waals surface area contributed by atoms with Crippen LogP contribution in [0.15, 0.2) is 16.3 Å². The lowest BCUT2D eigenvalue weighted by molar-refractivity contribution is -0.123. The first-order chi connectivity index (χ1) is 10.3. The van der Waals surface area contributed by atoms with E-state index in [-0.39, 0.29) is 5.91 Å². The van der Waals surface area contributed by atoms with Crippen molar-refractivity contribution in [3.8, 4) is 0 Å². The van der Waals surface area contributed by atoms with Crippen molar-refractivity contribution in [1.29, 1.82) is 0 Å². The second-order valence-electron chi connectivity index (χ2n) is 5.47. The Morgan fingerprint density at radius 2 is 2.00 bits per heavy atom. The van der Waals surface area contributed by atoms with Gasteiger partial charge in [-0.1, -0.05) is 13.8 Å². The van der Waals surface area contributed by atoms with Gasteiger partial charge in [0, 0.05) is 24.5 Å². The van der Waals surface area contributed by atoms with Crippen molar-refractivity contribution in [2.45, 2.75) is 42.9 Å². The Balaban J connectivity index is 1.92. The first kappa shape index (κ1) is 17.4. The van der Waals surface area contributed by atoms with E-state index in [1.165, 1.54) is 15.6 Å². The van der Waals surface area contributed by atoms with Crippen LogP contribution in [0.2, 0.25) is 0 Å². The van der Waals surface area contributed by atoms with Gasteiger partial charge in [0.05, 0.1) is 5.54 Å². The number of nitrogens with two attached hydrogens (primary N) is 1. The van der Waals surface area contributed by atoms with Gasteiger partial charge in [0.2, 0.25) is 5.91 Å². The van der Waals surface area contributed by atoms with Gasteiger partial charge in [-0.15, -0.1) is 11.3 Å². The van der Waals surface area contributed by atoms with Crippen LogP contribution >= 0.6 is 11.3 Å². The van der Waals surface area contributed by atoms with E-state index in [1.54, 1.807) is 6.07 Å². The zero-order valence-electron chi connectivity index (χ0n) is 13.0. The van der Waals surface area contributed by atoms with Gasteiger partial charge in [0.1, 0.15) is 4.21 Å². The number of hydrogen-bond donors (Lipinski definition) is 2. The molecule has 1 fully saturated rings. The first-order valence-electron chi connectivity index (χ1n) is 7.49. The first-order valence-corrected chi connectivity index (χ1v) is 9.75. The van der Waals surface area contributed by atoms with Crippen LogP contribution in [0.3, 0.4) is 0 Å². The average molecular weight is 345 g/mol. The molecule has 1 aromatic heterocycles. The topological polar surface area (TPSA) is 92.5 Å².